The van der Waals surface area contributed by atoms with Crippen LogP contribution in [0.5, 0.6) is 0 Å². The zero-order valence-corrected chi connectivity index (χ0v) is 10.8. The first-order valence-electron chi connectivity index (χ1n) is 5.86. The number of carbonyl (C=O) groups excluding carboxylic acids is 1. The van der Waals surface area contributed by atoms with Crippen molar-refractivity contribution in [2.24, 2.45) is 5.73 Å². The predicted octanol–water partition coefficient (Wildman–Crippen LogP) is 1.03. The lowest BCUT2D eigenvalue weighted by Gasteiger charge is -2.19. The van der Waals surface area contributed by atoms with E-state index in [4.69, 9.17) is 5.73 Å². The highest BCUT2D eigenvalue weighted by Crippen LogP contribution is 2.17. The number of nitrogens with two attached hydrogens (primary N) is 1. The average Bonchev–Trinajstić information content (AvgIpc) is 2.29. The van der Waals surface area contributed by atoms with Crippen molar-refractivity contribution in [2.75, 3.05) is 25.0 Å². The van der Waals surface area contributed by atoms with Crippen LogP contribution < -0.4 is 16.0 Å². The van der Waals surface area contributed by atoms with Crippen LogP contribution in [0, 0.1) is 6.92 Å². The third-order valence-corrected chi connectivity index (χ3v) is 2.74. The van der Waals surface area contributed by atoms with E-state index in [1.54, 1.807) is 0 Å². The van der Waals surface area contributed by atoms with Gasteiger partial charge in [-0.05, 0) is 37.1 Å². The number of rotatable bonds is 5. The first-order valence-corrected chi connectivity index (χ1v) is 5.86. The van der Waals surface area contributed by atoms with Crippen LogP contribution in [-0.4, -0.2) is 26.0 Å². The Labute approximate surface area is 103 Å². The van der Waals surface area contributed by atoms with E-state index in [0.29, 0.717) is 19.6 Å². The summed E-state index contributed by atoms with van der Waals surface area (Å²) in [5.41, 5.74) is 8.95. The first kappa shape index (κ1) is 13.5. The molecule has 0 atom stereocenters. The number of nitrogens with one attached hydrogen (secondary N) is 1. The molecule has 0 aromatic heterocycles. The van der Waals surface area contributed by atoms with Crippen molar-refractivity contribution < 1.29 is 4.79 Å². The van der Waals surface area contributed by atoms with Gasteiger partial charge in [-0.3, -0.25) is 4.79 Å². The summed E-state index contributed by atoms with van der Waals surface area (Å²) in [6.45, 7) is 5.53. The molecule has 17 heavy (non-hydrogen) atoms. The van der Waals surface area contributed by atoms with Crippen molar-refractivity contribution in [1.82, 2.24) is 5.32 Å². The summed E-state index contributed by atoms with van der Waals surface area (Å²) in [6.07, 6.45) is 0. The molecule has 1 aromatic rings. The number of likely N-dealkylation sites (N-methyl/N-ethyl adjacent to an activating group) is 2. The average molecular weight is 235 g/mol. The van der Waals surface area contributed by atoms with Crippen molar-refractivity contribution in [3.63, 3.8) is 0 Å². The fraction of sp³-hybridized carbons (Fsp3) is 0.462. The highest BCUT2D eigenvalue weighted by atomic mass is 16.1. The molecule has 94 valence electrons. The molecular weight excluding hydrogens is 214 g/mol. The number of carbonyl (C=O) groups is 1. The molecule has 0 aliphatic rings. The maximum absolute atomic E-state index is 11.5. The number of benzene rings is 1. The Kier molecular flexibility index (Phi) is 4.97. The zero-order valence-electron chi connectivity index (χ0n) is 10.8. The summed E-state index contributed by atoms with van der Waals surface area (Å²) >= 11 is 0. The quantitative estimate of drug-likeness (QED) is 0.801. The molecule has 1 amide bonds. The van der Waals surface area contributed by atoms with Crippen LogP contribution in [0.15, 0.2) is 18.2 Å². The Bertz CT molecular complexity index is 390. The van der Waals surface area contributed by atoms with Crippen LogP contribution in [0.2, 0.25) is 0 Å². The highest BCUT2D eigenvalue weighted by Gasteiger charge is 2.07. The van der Waals surface area contributed by atoms with E-state index in [2.05, 4.69) is 11.4 Å². The van der Waals surface area contributed by atoms with Gasteiger partial charge in [0.1, 0.15) is 0 Å². The molecule has 0 heterocycles. The van der Waals surface area contributed by atoms with Crippen LogP contribution in [0.4, 0.5) is 5.69 Å². The van der Waals surface area contributed by atoms with Gasteiger partial charge in [0, 0.05) is 25.8 Å². The molecule has 0 aliphatic carbocycles. The van der Waals surface area contributed by atoms with Crippen LogP contribution in [0.25, 0.3) is 0 Å². The topological polar surface area (TPSA) is 58.4 Å². The predicted molar refractivity (Wildman–Crippen MR) is 71.0 cm³/mol. The molecule has 0 aliphatic heterocycles. The van der Waals surface area contributed by atoms with Gasteiger partial charge in [-0.1, -0.05) is 6.07 Å². The summed E-state index contributed by atoms with van der Waals surface area (Å²) < 4.78 is 0. The normalized spacial score (nSPS) is 10.1. The molecular formula is C13H21N3O. The lowest BCUT2D eigenvalue weighted by Crippen LogP contribution is -2.34. The Morgan fingerprint density at radius 3 is 2.71 bits per heavy atom. The minimum Gasteiger partial charge on any atom is -0.365 e. The second kappa shape index (κ2) is 6.25. The van der Waals surface area contributed by atoms with Crippen LogP contribution in [0.3, 0.4) is 0 Å². The molecule has 0 spiro atoms. The second-order valence-corrected chi connectivity index (χ2v) is 4.12. The van der Waals surface area contributed by atoms with Gasteiger partial charge in [0.2, 0.25) is 5.91 Å². The molecule has 4 heteroatoms. The number of nitrogens with zero attached hydrogens (tertiary/aromatic N) is 1. The SMILES string of the molecule is CCNC(=O)CN(C)c1ccc(CN)c(C)c1. The summed E-state index contributed by atoms with van der Waals surface area (Å²) in [7, 11) is 1.91. The number of aryl methyl sites for hydroxylation is 1. The standard InChI is InChI=1S/C13H21N3O/c1-4-15-13(17)9-16(3)12-6-5-11(8-14)10(2)7-12/h5-7H,4,8-9,14H2,1-3H3,(H,15,17). The van der Waals surface area contributed by atoms with Gasteiger partial charge >= 0.3 is 0 Å². The van der Waals surface area contributed by atoms with Crippen LogP contribution >= 0.6 is 0 Å². The number of hydrogen-bond donors (Lipinski definition) is 2. The van der Waals surface area contributed by atoms with Gasteiger partial charge in [-0.15, -0.1) is 0 Å². The van der Waals surface area contributed by atoms with E-state index >= 15 is 0 Å². The highest BCUT2D eigenvalue weighted by molar-refractivity contribution is 5.81. The van der Waals surface area contributed by atoms with Gasteiger partial charge in [-0.2, -0.15) is 0 Å². The Hall–Kier alpha value is -1.55. The summed E-state index contributed by atoms with van der Waals surface area (Å²) in [5.74, 6) is 0.0376. The van der Waals surface area contributed by atoms with E-state index < -0.39 is 0 Å². The maximum atomic E-state index is 11.5. The monoisotopic (exact) mass is 235 g/mol. The number of amides is 1. The van der Waals surface area contributed by atoms with E-state index in [0.717, 1.165) is 16.8 Å². The number of hydrogen-bond acceptors (Lipinski definition) is 3. The summed E-state index contributed by atoms with van der Waals surface area (Å²) in [6, 6.07) is 6.06. The van der Waals surface area contributed by atoms with Crippen LogP contribution in [-0.2, 0) is 11.3 Å². The molecule has 3 N–H and O–H groups in total. The van der Waals surface area contributed by atoms with Crippen molar-refractivity contribution in [3.05, 3.63) is 29.3 Å². The molecule has 1 aromatic carbocycles. The third-order valence-electron chi connectivity index (χ3n) is 2.74. The summed E-state index contributed by atoms with van der Waals surface area (Å²) in [5, 5.41) is 2.78. The van der Waals surface area contributed by atoms with Crippen molar-refractivity contribution in [2.45, 2.75) is 20.4 Å². The van der Waals surface area contributed by atoms with Gasteiger partial charge in [0.25, 0.3) is 0 Å². The Morgan fingerprint density at radius 1 is 1.47 bits per heavy atom. The minimum absolute atomic E-state index is 0.0376. The molecule has 1 rings (SSSR count). The Morgan fingerprint density at radius 2 is 2.18 bits per heavy atom. The lowest BCUT2D eigenvalue weighted by molar-refractivity contribution is -0.119. The third kappa shape index (κ3) is 3.75. The van der Waals surface area contributed by atoms with E-state index in [9.17, 15) is 4.79 Å². The molecule has 4 nitrogen and oxygen atoms in total. The molecule has 0 radical (unpaired) electrons. The van der Waals surface area contributed by atoms with Crippen molar-refractivity contribution >= 4 is 11.6 Å². The van der Waals surface area contributed by atoms with E-state index in [-0.39, 0.29) is 5.91 Å². The fourth-order valence-electron chi connectivity index (χ4n) is 1.71. The van der Waals surface area contributed by atoms with Crippen molar-refractivity contribution in [3.8, 4) is 0 Å². The van der Waals surface area contributed by atoms with Gasteiger partial charge in [0.05, 0.1) is 6.54 Å². The first-order chi connectivity index (χ1) is 8.08. The molecule has 0 bridgehead atoms. The molecule has 0 saturated heterocycles. The number of anilines is 1. The fourth-order valence-corrected chi connectivity index (χ4v) is 1.71. The maximum Gasteiger partial charge on any atom is 0.239 e. The van der Waals surface area contributed by atoms with E-state index in [1.165, 1.54) is 0 Å². The van der Waals surface area contributed by atoms with Crippen molar-refractivity contribution in [1.29, 1.82) is 0 Å². The van der Waals surface area contributed by atoms with Crippen LogP contribution in [0.1, 0.15) is 18.1 Å². The van der Waals surface area contributed by atoms with Gasteiger partial charge in [-0.25, -0.2) is 0 Å². The zero-order chi connectivity index (χ0) is 12.8. The lowest BCUT2D eigenvalue weighted by atomic mass is 10.1. The van der Waals surface area contributed by atoms with Gasteiger partial charge < -0.3 is 16.0 Å². The largest absolute Gasteiger partial charge is 0.365 e. The van der Waals surface area contributed by atoms with E-state index in [1.807, 2.05) is 37.9 Å². The van der Waals surface area contributed by atoms with Gasteiger partial charge in [0.15, 0.2) is 0 Å². The molecule has 0 saturated carbocycles. The second-order valence-electron chi connectivity index (χ2n) is 4.12. The smallest absolute Gasteiger partial charge is 0.239 e. The Balaban J connectivity index is 2.72. The molecule has 0 fully saturated rings. The summed E-state index contributed by atoms with van der Waals surface area (Å²) in [4.78, 5) is 13.4. The minimum atomic E-state index is 0.0376. The molecule has 0 unspecified atom stereocenters.